The molecule has 0 aliphatic heterocycles. The van der Waals surface area contributed by atoms with E-state index < -0.39 is 0 Å². The third-order valence-electron chi connectivity index (χ3n) is 3.63. The average molecular weight is 326 g/mol. The predicted octanol–water partition coefficient (Wildman–Crippen LogP) is 3.76. The topological polar surface area (TPSA) is 61.3 Å². The van der Waals surface area contributed by atoms with E-state index in [1.54, 1.807) is 20.3 Å². The molecule has 0 spiro atoms. The molecule has 6 heteroatoms. The minimum atomic E-state index is -0.207. The van der Waals surface area contributed by atoms with Gasteiger partial charge in [0.05, 0.1) is 25.5 Å². The highest BCUT2D eigenvalue weighted by atomic mass is 32.2. The lowest BCUT2D eigenvalue weighted by atomic mass is 9.84. The van der Waals surface area contributed by atoms with Gasteiger partial charge in [-0.05, 0) is 11.8 Å². The Kier molecular flexibility index (Phi) is 7.65. The minimum Gasteiger partial charge on any atom is -0.481 e. The van der Waals surface area contributed by atoms with E-state index in [0.29, 0.717) is 16.9 Å². The third-order valence-corrected chi connectivity index (χ3v) is 5.02. The van der Waals surface area contributed by atoms with Crippen molar-refractivity contribution in [3.8, 4) is 11.8 Å². The summed E-state index contributed by atoms with van der Waals surface area (Å²) in [6.07, 6.45) is 5.47. The van der Waals surface area contributed by atoms with E-state index in [4.69, 9.17) is 9.47 Å². The summed E-state index contributed by atoms with van der Waals surface area (Å²) >= 11 is 1.36. The van der Waals surface area contributed by atoms with Crippen LogP contribution in [0.4, 0.5) is 0 Å². The van der Waals surface area contributed by atoms with Gasteiger partial charge in [-0.2, -0.15) is 9.97 Å². The number of carbonyl (C=O) groups excluding carboxylic acids is 1. The van der Waals surface area contributed by atoms with E-state index >= 15 is 0 Å². The number of methoxy groups -OCH3 is 2. The van der Waals surface area contributed by atoms with Crippen LogP contribution < -0.4 is 9.47 Å². The van der Waals surface area contributed by atoms with Gasteiger partial charge in [0.25, 0.3) is 0 Å². The first-order valence-corrected chi connectivity index (χ1v) is 8.43. The van der Waals surface area contributed by atoms with Crippen LogP contribution in [0.3, 0.4) is 0 Å². The van der Waals surface area contributed by atoms with E-state index in [1.165, 1.54) is 24.6 Å². The molecular formula is C16H26N2O3S. The summed E-state index contributed by atoms with van der Waals surface area (Å²) < 4.78 is 10.3. The van der Waals surface area contributed by atoms with E-state index in [1.807, 2.05) is 0 Å². The smallest absolute Gasteiger partial charge is 0.220 e. The number of unbranched alkanes of at least 4 members (excludes halogenated alkanes) is 2. The van der Waals surface area contributed by atoms with Crippen molar-refractivity contribution in [2.24, 2.45) is 5.41 Å². The Morgan fingerprint density at radius 2 is 1.82 bits per heavy atom. The molecule has 1 atom stereocenters. The first-order valence-electron chi connectivity index (χ1n) is 7.55. The zero-order chi connectivity index (χ0) is 16.6. The van der Waals surface area contributed by atoms with Gasteiger partial charge >= 0.3 is 0 Å². The van der Waals surface area contributed by atoms with Gasteiger partial charge in [0.2, 0.25) is 11.8 Å². The molecule has 1 unspecified atom stereocenters. The SMILES string of the molecule is CCCCCC(C)(C)C(C=O)Sc1nc(OC)cc(OC)n1. The largest absolute Gasteiger partial charge is 0.481 e. The van der Waals surface area contributed by atoms with Gasteiger partial charge in [0, 0.05) is 0 Å². The molecule has 5 nitrogen and oxygen atoms in total. The fourth-order valence-corrected chi connectivity index (χ4v) is 3.11. The van der Waals surface area contributed by atoms with Crippen molar-refractivity contribution in [3.63, 3.8) is 0 Å². The number of aldehydes is 1. The molecule has 0 aliphatic rings. The number of carbonyl (C=O) groups is 1. The van der Waals surface area contributed by atoms with Crippen LogP contribution in [0, 0.1) is 5.41 Å². The Bertz CT molecular complexity index is 458. The van der Waals surface area contributed by atoms with E-state index in [-0.39, 0.29) is 10.7 Å². The summed E-state index contributed by atoms with van der Waals surface area (Å²) in [5.74, 6) is 0.866. The Hall–Kier alpha value is -1.30. The van der Waals surface area contributed by atoms with Crippen molar-refractivity contribution < 1.29 is 14.3 Å². The summed E-state index contributed by atoms with van der Waals surface area (Å²) in [6, 6.07) is 1.62. The molecule has 0 aromatic carbocycles. The maximum Gasteiger partial charge on any atom is 0.220 e. The quantitative estimate of drug-likeness (QED) is 0.282. The highest BCUT2D eigenvalue weighted by Gasteiger charge is 2.30. The summed E-state index contributed by atoms with van der Waals surface area (Å²) in [5, 5.41) is 0.290. The number of aromatic nitrogens is 2. The molecule has 1 heterocycles. The third kappa shape index (κ3) is 5.48. The van der Waals surface area contributed by atoms with Gasteiger partial charge in [-0.25, -0.2) is 0 Å². The van der Waals surface area contributed by atoms with Gasteiger partial charge in [-0.3, -0.25) is 0 Å². The number of ether oxygens (including phenoxy) is 2. The Morgan fingerprint density at radius 1 is 1.23 bits per heavy atom. The van der Waals surface area contributed by atoms with Crippen LogP contribution in [0.15, 0.2) is 11.2 Å². The molecule has 1 aromatic rings. The van der Waals surface area contributed by atoms with E-state index in [9.17, 15) is 4.79 Å². The van der Waals surface area contributed by atoms with Crippen molar-refractivity contribution >= 4 is 18.0 Å². The molecule has 0 amide bonds. The van der Waals surface area contributed by atoms with Crippen LogP contribution in [0.1, 0.15) is 46.5 Å². The molecule has 0 fully saturated rings. The molecule has 1 rings (SSSR count). The zero-order valence-corrected chi connectivity index (χ0v) is 14.9. The van der Waals surface area contributed by atoms with Gasteiger partial charge in [-0.15, -0.1) is 0 Å². The minimum absolute atomic E-state index is 0.110. The lowest BCUT2D eigenvalue weighted by Crippen LogP contribution is -2.28. The second kappa shape index (κ2) is 8.98. The molecule has 0 saturated carbocycles. The number of hydrogen-bond acceptors (Lipinski definition) is 6. The van der Waals surface area contributed by atoms with Gasteiger partial charge in [-0.1, -0.05) is 51.8 Å². The highest BCUT2D eigenvalue weighted by molar-refractivity contribution is 8.00. The Labute approximate surface area is 137 Å². The lowest BCUT2D eigenvalue weighted by molar-refractivity contribution is -0.109. The molecule has 0 aliphatic carbocycles. The zero-order valence-electron chi connectivity index (χ0n) is 14.1. The number of hydrogen-bond donors (Lipinski definition) is 0. The van der Waals surface area contributed by atoms with Crippen LogP contribution >= 0.6 is 11.8 Å². The molecule has 124 valence electrons. The number of thioether (sulfide) groups is 1. The van der Waals surface area contributed by atoms with Crippen LogP contribution in [0.25, 0.3) is 0 Å². The summed E-state index contributed by atoms with van der Waals surface area (Å²) in [4.78, 5) is 20.1. The van der Waals surface area contributed by atoms with Crippen molar-refractivity contribution in [1.29, 1.82) is 0 Å². The molecule has 0 N–H and O–H groups in total. The Balaban J connectivity index is 2.86. The number of rotatable bonds is 10. The lowest BCUT2D eigenvalue weighted by Gasteiger charge is -2.29. The monoisotopic (exact) mass is 326 g/mol. The summed E-state index contributed by atoms with van der Waals surface area (Å²) in [7, 11) is 3.09. The van der Waals surface area contributed by atoms with Crippen LogP contribution in [-0.4, -0.2) is 35.7 Å². The first kappa shape index (κ1) is 18.7. The van der Waals surface area contributed by atoms with Crippen LogP contribution in [0.5, 0.6) is 11.8 Å². The van der Waals surface area contributed by atoms with Crippen molar-refractivity contribution in [2.75, 3.05) is 14.2 Å². The van der Waals surface area contributed by atoms with E-state index in [0.717, 1.165) is 19.1 Å². The summed E-state index contributed by atoms with van der Waals surface area (Å²) in [6.45, 7) is 6.41. The second-order valence-corrected chi connectivity index (χ2v) is 6.96. The predicted molar refractivity (Wildman–Crippen MR) is 88.8 cm³/mol. The fourth-order valence-electron chi connectivity index (χ4n) is 2.10. The number of nitrogens with zero attached hydrogens (tertiary/aromatic N) is 2. The molecule has 0 radical (unpaired) electrons. The highest BCUT2D eigenvalue weighted by Crippen LogP contribution is 2.38. The van der Waals surface area contributed by atoms with Gasteiger partial charge < -0.3 is 14.3 Å². The maximum absolute atomic E-state index is 11.6. The Morgan fingerprint density at radius 3 is 2.27 bits per heavy atom. The van der Waals surface area contributed by atoms with Gasteiger partial charge in [0.1, 0.15) is 6.29 Å². The van der Waals surface area contributed by atoms with E-state index in [2.05, 4.69) is 30.7 Å². The summed E-state index contributed by atoms with van der Waals surface area (Å²) in [5.41, 5.74) is -0.110. The maximum atomic E-state index is 11.6. The molecule has 0 bridgehead atoms. The first-order chi connectivity index (χ1) is 10.5. The molecular weight excluding hydrogens is 300 g/mol. The average Bonchev–Trinajstić information content (AvgIpc) is 2.52. The molecule has 1 aromatic heterocycles. The van der Waals surface area contributed by atoms with Crippen molar-refractivity contribution in [1.82, 2.24) is 9.97 Å². The standard InChI is InChI=1S/C16H26N2O3S/c1-6-7-8-9-16(2,3)12(11-19)22-15-17-13(20-4)10-14(18-15)21-5/h10-12H,6-9H2,1-5H3. The van der Waals surface area contributed by atoms with Crippen LogP contribution in [-0.2, 0) is 4.79 Å². The van der Waals surface area contributed by atoms with Crippen LogP contribution in [0.2, 0.25) is 0 Å². The second-order valence-electron chi connectivity index (χ2n) is 5.86. The van der Waals surface area contributed by atoms with Crippen molar-refractivity contribution in [3.05, 3.63) is 6.07 Å². The van der Waals surface area contributed by atoms with Gasteiger partial charge in [0.15, 0.2) is 5.16 Å². The fraction of sp³-hybridized carbons (Fsp3) is 0.688. The normalized spacial score (nSPS) is 12.8. The molecule has 0 saturated heterocycles. The van der Waals surface area contributed by atoms with Crippen molar-refractivity contribution in [2.45, 2.75) is 56.9 Å². The molecule has 22 heavy (non-hydrogen) atoms.